The van der Waals surface area contributed by atoms with Crippen molar-refractivity contribution in [1.29, 1.82) is 0 Å². The summed E-state index contributed by atoms with van der Waals surface area (Å²) in [6.07, 6.45) is 1.39. The van der Waals surface area contributed by atoms with Gasteiger partial charge in [-0.25, -0.2) is 0 Å². The number of aliphatic carboxylic acids is 1. The van der Waals surface area contributed by atoms with Crippen molar-refractivity contribution in [3.05, 3.63) is 35.9 Å². The lowest BCUT2D eigenvalue weighted by Crippen LogP contribution is -2.50. The standard InChI is InChI=1S/C17H24N2O4/c1-3-8-14(17(23)19(4-2)12-16(21)22)18-15(20)11-13-9-6-5-7-10-13/h5-7,9-10,14H,3-4,8,11-12H2,1-2H3,(H,18,20)(H,21,22). The third kappa shape index (κ3) is 6.50. The van der Waals surface area contributed by atoms with Crippen LogP contribution in [0.15, 0.2) is 30.3 Å². The molecule has 0 aliphatic heterocycles. The molecule has 0 fully saturated rings. The molecule has 2 amide bonds. The fourth-order valence-electron chi connectivity index (χ4n) is 2.30. The first-order valence-corrected chi connectivity index (χ1v) is 7.81. The largest absolute Gasteiger partial charge is 0.480 e. The van der Waals surface area contributed by atoms with Gasteiger partial charge in [0.1, 0.15) is 12.6 Å². The Morgan fingerprint density at radius 1 is 1.17 bits per heavy atom. The summed E-state index contributed by atoms with van der Waals surface area (Å²) in [6, 6.07) is 8.58. The van der Waals surface area contributed by atoms with Crippen LogP contribution in [0.1, 0.15) is 32.3 Å². The summed E-state index contributed by atoms with van der Waals surface area (Å²) in [4.78, 5) is 36.6. The molecule has 0 radical (unpaired) electrons. The predicted octanol–water partition coefficient (Wildman–Crippen LogP) is 1.45. The Morgan fingerprint density at radius 3 is 2.35 bits per heavy atom. The highest BCUT2D eigenvalue weighted by Gasteiger charge is 2.25. The Hall–Kier alpha value is -2.37. The van der Waals surface area contributed by atoms with Crippen molar-refractivity contribution in [2.45, 2.75) is 39.2 Å². The number of hydrogen-bond acceptors (Lipinski definition) is 3. The van der Waals surface area contributed by atoms with E-state index in [2.05, 4.69) is 5.32 Å². The Balaban J connectivity index is 2.71. The summed E-state index contributed by atoms with van der Waals surface area (Å²) in [5.74, 6) is -1.65. The summed E-state index contributed by atoms with van der Waals surface area (Å²) < 4.78 is 0. The summed E-state index contributed by atoms with van der Waals surface area (Å²) in [5, 5.41) is 11.6. The number of nitrogens with one attached hydrogen (secondary N) is 1. The number of likely N-dealkylation sites (N-methyl/N-ethyl adjacent to an activating group) is 1. The molecule has 0 spiro atoms. The summed E-state index contributed by atoms with van der Waals surface area (Å²) in [5.41, 5.74) is 0.866. The van der Waals surface area contributed by atoms with Gasteiger partial charge in [0.25, 0.3) is 0 Å². The second kappa shape index (κ2) is 9.61. The average molecular weight is 320 g/mol. The molecule has 1 aromatic rings. The van der Waals surface area contributed by atoms with Crippen LogP contribution in [-0.4, -0.2) is 46.9 Å². The van der Waals surface area contributed by atoms with Crippen molar-refractivity contribution in [2.75, 3.05) is 13.1 Å². The number of carboxylic acid groups (broad SMARTS) is 1. The summed E-state index contributed by atoms with van der Waals surface area (Å²) >= 11 is 0. The highest BCUT2D eigenvalue weighted by Crippen LogP contribution is 2.05. The molecule has 1 unspecified atom stereocenters. The van der Waals surface area contributed by atoms with Gasteiger partial charge in [0, 0.05) is 6.54 Å². The van der Waals surface area contributed by atoms with Crippen molar-refractivity contribution < 1.29 is 19.5 Å². The highest BCUT2D eigenvalue weighted by atomic mass is 16.4. The SMILES string of the molecule is CCCC(NC(=O)Cc1ccccc1)C(=O)N(CC)CC(=O)O. The van der Waals surface area contributed by atoms with Crippen molar-refractivity contribution in [1.82, 2.24) is 10.2 Å². The molecule has 6 nitrogen and oxygen atoms in total. The van der Waals surface area contributed by atoms with E-state index >= 15 is 0 Å². The normalized spacial score (nSPS) is 11.6. The molecule has 23 heavy (non-hydrogen) atoms. The molecule has 0 heterocycles. The van der Waals surface area contributed by atoms with Crippen LogP contribution in [0.4, 0.5) is 0 Å². The topological polar surface area (TPSA) is 86.7 Å². The van der Waals surface area contributed by atoms with Gasteiger partial charge in [-0.2, -0.15) is 0 Å². The fourth-order valence-corrected chi connectivity index (χ4v) is 2.30. The van der Waals surface area contributed by atoms with Crippen LogP contribution in [0.3, 0.4) is 0 Å². The third-order valence-electron chi connectivity index (χ3n) is 3.44. The minimum absolute atomic E-state index is 0.194. The van der Waals surface area contributed by atoms with Crippen LogP contribution in [0, 0.1) is 0 Å². The van der Waals surface area contributed by atoms with Crippen LogP contribution in [0.5, 0.6) is 0 Å². The van der Waals surface area contributed by atoms with Gasteiger partial charge in [-0.3, -0.25) is 14.4 Å². The molecule has 0 aliphatic rings. The van der Waals surface area contributed by atoms with Gasteiger partial charge in [0.05, 0.1) is 6.42 Å². The summed E-state index contributed by atoms with van der Waals surface area (Å²) in [7, 11) is 0. The Bertz CT molecular complexity index is 531. The fraction of sp³-hybridized carbons (Fsp3) is 0.471. The zero-order valence-electron chi connectivity index (χ0n) is 13.6. The minimum Gasteiger partial charge on any atom is -0.480 e. The molecule has 0 saturated heterocycles. The zero-order valence-corrected chi connectivity index (χ0v) is 13.6. The molecular formula is C17H24N2O4. The van der Waals surface area contributed by atoms with Gasteiger partial charge in [-0.1, -0.05) is 43.7 Å². The van der Waals surface area contributed by atoms with Crippen molar-refractivity contribution in [3.63, 3.8) is 0 Å². The lowest BCUT2D eigenvalue weighted by molar-refractivity contribution is -0.145. The number of rotatable bonds is 9. The van der Waals surface area contributed by atoms with Crippen molar-refractivity contribution >= 4 is 17.8 Å². The van der Waals surface area contributed by atoms with E-state index in [1.807, 2.05) is 37.3 Å². The Kier molecular flexibility index (Phi) is 7.80. The van der Waals surface area contributed by atoms with Crippen molar-refractivity contribution in [3.8, 4) is 0 Å². The quantitative estimate of drug-likeness (QED) is 0.721. The van der Waals surface area contributed by atoms with E-state index in [-0.39, 0.29) is 24.8 Å². The van der Waals surface area contributed by atoms with Crippen LogP contribution in [0.25, 0.3) is 0 Å². The van der Waals surface area contributed by atoms with E-state index in [1.54, 1.807) is 6.92 Å². The lowest BCUT2D eigenvalue weighted by Gasteiger charge is -2.25. The van der Waals surface area contributed by atoms with Crippen LogP contribution in [-0.2, 0) is 20.8 Å². The number of benzene rings is 1. The maximum Gasteiger partial charge on any atom is 0.323 e. The molecule has 1 atom stereocenters. The highest BCUT2D eigenvalue weighted by molar-refractivity contribution is 5.90. The first-order chi connectivity index (χ1) is 11.0. The van der Waals surface area contributed by atoms with E-state index in [0.717, 1.165) is 5.56 Å². The number of carbonyl (C=O) groups excluding carboxylic acids is 2. The molecule has 1 rings (SSSR count). The smallest absolute Gasteiger partial charge is 0.323 e. The van der Waals surface area contributed by atoms with Gasteiger partial charge < -0.3 is 15.3 Å². The molecule has 2 N–H and O–H groups in total. The monoisotopic (exact) mass is 320 g/mol. The second-order valence-corrected chi connectivity index (χ2v) is 5.32. The first kappa shape index (κ1) is 18.7. The van der Waals surface area contributed by atoms with Crippen molar-refractivity contribution in [2.24, 2.45) is 0 Å². The average Bonchev–Trinajstić information content (AvgIpc) is 2.52. The molecule has 6 heteroatoms. The van der Waals surface area contributed by atoms with Gasteiger partial charge in [0.2, 0.25) is 11.8 Å². The number of amides is 2. The van der Waals surface area contributed by atoms with E-state index in [1.165, 1.54) is 4.90 Å². The van der Waals surface area contributed by atoms with Crippen LogP contribution in [0.2, 0.25) is 0 Å². The van der Waals surface area contributed by atoms with Gasteiger partial charge in [-0.15, -0.1) is 0 Å². The van der Waals surface area contributed by atoms with Gasteiger partial charge >= 0.3 is 5.97 Å². The molecule has 0 aromatic heterocycles. The third-order valence-corrected chi connectivity index (χ3v) is 3.44. The summed E-state index contributed by atoms with van der Waals surface area (Å²) in [6.45, 7) is 3.57. The van der Waals surface area contributed by atoms with Gasteiger partial charge in [0.15, 0.2) is 0 Å². The maximum atomic E-state index is 12.4. The van der Waals surface area contributed by atoms with E-state index in [4.69, 9.17) is 5.11 Å². The van der Waals surface area contributed by atoms with E-state index < -0.39 is 12.0 Å². The Labute approximate surface area is 136 Å². The minimum atomic E-state index is -1.06. The van der Waals surface area contributed by atoms with Crippen LogP contribution < -0.4 is 5.32 Å². The Morgan fingerprint density at radius 2 is 1.83 bits per heavy atom. The molecule has 0 saturated carbocycles. The first-order valence-electron chi connectivity index (χ1n) is 7.81. The van der Waals surface area contributed by atoms with Gasteiger partial charge in [-0.05, 0) is 18.9 Å². The van der Waals surface area contributed by atoms with E-state index in [0.29, 0.717) is 19.4 Å². The molecule has 0 bridgehead atoms. The van der Waals surface area contributed by atoms with Crippen LogP contribution >= 0.6 is 0 Å². The molecule has 126 valence electrons. The lowest BCUT2D eigenvalue weighted by atomic mass is 10.1. The zero-order chi connectivity index (χ0) is 17.2. The molecular weight excluding hydrogens is 296 g/mol. The number of carbonyl (C=O) groups is 3. The molecule has 1 aromatic carbocycles. The number of hydrogen-bond donors (Lipinski definition) is 2. The number of nitrogens with zero attached hydrogens (tertiary/aromatic N) is 1. The second-order valence-electron chi connectivity index (χ2n) is 5.32. The molecule has 0 aliphatic carbocycles. The number of carboxylic acids is 1. The maximum absolute atomic E-state index is 12.4. The van der Waals surface area contributed by atoms with E-state index in [9.17, 15) is 14.4 Å². The predicted molar refractivity (Wildman–Crippen MR) is 86.9 cm³/mol.